The number of nitrogens with one attached hydrogen (secondary N) is 1. The second kappa shape index (κ2) is 3.52. The van der Waals surface area contributed by atoms with E-state index in [-0.39, 0.29) is 0 Å². The highest BCUT2D eigenvalue weighted by Gasteiger charge is 2.04. The van der Waals surface area contributed by atoms with Gasteiger partial charge in [0.25, 0.3) is 0 Å². The molecule has 0 aliphatic carbocycles. The summed E-state index contributed by atoms with van der Waals surface area (Å²) in [4.78, 5) is 3.17. The van der Waals surface area contributed by atoms with E-state index in [9.17, 15) is 0 Å². The maximum Gasteiger partial charge on any atom is 0.0465 e. The van der Waals surface area contributed by atoms with Crippen LogP contribution in [0.1, 0.15) is 5.56 Å². The van der Waals surface area contributed by atoms with Gasteiger partial charge in [0.2, 0.25) is 0 Å². The molecule has 2 rings (SSSR count). The number of halogens is 1. The lowest BCUT2D eigenvalue weighted by Crippen LogP contribution is -2.03. The standard InChI is InChI=1S/C10H11BrN2/c11-10-7(3-5-12)1-2-9-8(10)4-6-13-9/h1-2,4,6,13H,3,5,12H2. The average molecular weight is 239 g/mol. The van der Waals surface area contributed by atoms with Crippen molar-refractivity contribution in [1.29, 1.82) is 0 Å². The van der Waals surface area contributed by atoms with Crippen LogP contribution in [-0.2, 0) is 6.42 Å². The van der Waals surface area contributed by atoms with Gasteiger partial charge < -0.3 is 10.7 Å². The summed E-state index contributed by atoms with van der Waals surface area (Å²) in [6, 6.07) is 6.26. The summed E-state index contributed by atoms with van der Waals surface area (Å²) in [6.07, 6.45) is 2.86. The van der Waals surface area contributed by atoms with E-state index in [1.807, 2.05) is 6.20 Å². The van der Waals surface area contributed by atoms with Gasteiger partial charge in [-0.2, -0.15) is 0 Å². The van der Waals surface area contributed by atoms with Crippen molar-refractivity contribution in [3.8, 4) is 0 Å². The molecule has 13 heavy (non-hydrogen) atoms. The minimum atomic E-state index is 0.689. The third-order valence-corrected chi connectivity index (χ3v) is 3.10. The van der Waals surface area contributed by atoms with Gasteiger partial charge in [-0.3, -0.25) is 0 Å². The molecule has 0 fully saturated rings. The van der Waals surface area contributed by atoms with Crippen molar-refractivity contribution in [2.24, 2.45) is 5.73 Å². The molecule has 0 saturated heterocycles. The number of benzene rings is 1. The molecule has 0 atom stereocenters. The maximum atomic E-state index is 5.52. The van der Waals surface area contributed by atoms with Crippen LogP contribution in [0.5, 0.6) is 0 Å². The van der Waals surface area contributed by atoms with Crippen LogP contribution in [0.4, 0.5) is 0 Å². The third-order valence-electron chi connectivity index (χ3n) is 2.16. The van der Waals surface area contributed by atoms with E-state index in [2.05, 4.69) is 39.1 Å². The first-order chi connectivity index (χ1) is 6.33. The van der Waals surface area contributed by atoms with Crippen LogP contribution in [0.25, 0.3) is 10.9 Å². The normalized spacial score (nSPS) is 10.9. The molecular weight excluding hydrogens is 228 g/mol. The van der Waals surface area contributed by atoms with Crippen LogP contribution in [-0.4, -0.2) is 11.5 Å². The molecule has 2 nitrogen and oxygen atoms in total. The van der Waals surface area contributed by atoms with Crippen molar-refractivity contribution in [3.05, 3.63) is 34.4 Å². The number of rotatable bonds is 2. The number of nitrogens with two attached hydrogens (primary N) is 1. The van der Waals surface area contributed by atoms with Gasteiger partial charge in [-0.15, -0.1) is 0 Å². The van der Waals surface area contributed by atoms with Gasteiger partial charge in [0.05, 0.1) is 0 Å². The quantitative estimate of drug-likeness (QED) is 0.830. The molecule has 0 radical (unpaired) electrons. The lowest BCUT2D eigenvalue weighted by Gasteiger charge is -2.03. The number of H-pyrrole nitrogens is 1. The SMILES string of the molecule is NCCc1ccc2[nH]ccc2c1Br. The Kier molecular flexibility index (Phi) is 2.38. The summed E-state index contributed by atoms with van der Waals surface area (Å²) in [5, 5.41) is 1.23. The largest absolute Gasteiger partial charge is 0.361 e. The molecule has 0 bridgehead atoms. The van der Waals surface area contributed by atoms with Gasteiger partial charge >= 0.3 is 0 Å². The molecule has 1 aromatic heterocycles. The van der Waals surface area contributed by atoms with Crippen molar-refractivity contribution in [3.63, 3.8) is 0 Å². The zero-order chi connectivity index (χ0) is 9.26. The molecule has 0 spiro atoms. The summed E-state index contributed by atoms with van der Waals surface area (Å²) < 4.78 is 1.16. The highest BCUT2D eigenvalue weighted by atomic mass is 79.9. The lowest BCUT2D eigenvalue weighted by molar-refractivity contribution is 0.966. The van der Waals surface area contributed by atoms with E-state index < -0.39 is 0 Å². The topological polar surface area (TPSA) is 41.8 Å². The smallest absolute Gasteiger partial charge is 0.0465 e. The Hall–Kier alpha value is -0.800. The molecule has 68 valence electrons. The number of aromatic nitrogens is 1. The van der Waals surface area contributed by atoms with Gasteiger partial charge in [0.15, 0.2) is 0 Å². The molecule has 1 aromatic carbocycles. The van der Waals surface area contributed by atoms with E-state index >= 15 is 0 Å². The van der Waals surface area contributed by atoms with Crippen LogP contribution in [0, 0.1) is 0 Å². The summed E-state index contributed by atoms with van der Waals surface area (Å²) in [7, 11) is 0. The minimum absolute atomic E-state index is 0.689. The molecule has 2 aromatic rings. The first-order valence-corrected chi connectivity index (χ1v) is 5.07. The van der Waals surface area contributed by atoms with Crippen LogP contribution in [0.3, 0.4) is 0 Å². The predicted molar refractivity (Wildman–Crippen MR) is 58.8 cm³/mol. The summed E-state index contributed by atoms with van der Waals surface area (Å²) in [5.74, 6) is 0. The number of hydrogen-bond acceptors (Lipinski definition) is 1. The van der Waals surface area contributed by atoms with Crippen molar-refractivity contribution < 1.29 is 0 Å². The van der Waals surface area contributed by atoms with E-state index in [0.29, 0.717) is 6.54 Å². The molecule has 3 N–H and O–H groups in total. The van der Waals surface area contributed by atoms with E-state index in [0.717, 1.165) is 16.4 Å². The zero-order valence-electron chi connectivity index (χ0n) is 7.18. The van der Waals surface area contributed by atoms with Crippen molar-refractivity contribution >= 4 is 26.8 Å². The van der Waals surface area contributed by atoms with Gasteiger partial charge in [-0.1, -0.05) is 6.07 Å². The highest BCUT2D eigenvalue weighted by Crippen LogP contribution is 2.27. The second-order valence-electron chi connectivity index (χ2n) is 3.02. The first-order valence-electron chi connectivity index (χ1n) is 4.27. The fourth-order valence-electron chi connectivity index (χ4n) is 1.49. The Balaban J connectivity index is 2.59. The maximum absolute atomic E-state index is 5.52. The van der Waals surface area contributed by atoms with Crippen LogP contribution in [0.2, 0.25) is 0 Å². The van der Waals surface area contributed by atoms with Crippen LogP contribution < -0.4 is 5.73 Å². The van der Waals surface area contributed by atoms with Gasteiger partial charge in [0, 0.05) is 21.6 Å². The van der Waals surface area contributed by atoms with Crippen molar-refractivity contribution in [2.75, 3.05) is 6.54 Å². The van der Waals surface area contributed by atoms with Gasteiger partial charge in [0.1, 0.15) is 0 Å². The molecule has 0 aliphatic heterocycles. The Morgan fingerprint density at radius 1 is 1.31 bits per heavy atom. The predicted octanol–water partition coefficient (Wildman–Crippen LogP) is 2.43. The number of hydrogen-bond donors (Lipinski definition) is 2. The number of fused-ring (bicyclic) bond motifs is 1. The van der Waals surface area contributed by atoms with E-state index in [4.69, 9.17) is 5.73 Å². The van der Waals surface area contributed by atoms with Crippen molar-refractivity contribution in [1.82, 2.24) is 4.98 Å². The average Bonchev–Trinajstić information content (AvgIpc) is 2.58. The fourth-order valence-corrected chi connectivity index (χ4v) is 2.17. The Morgan fingerprint density at radius 2 is 2.15 bits per heavy atom. The molecule has 0 amide bonds. The molecule has 0 aliphatic rings. The van der Waals surface area contributed by atoms with E-state index in [1.54, 1.807) is 0 Å². The second-order valence-corrected chi connectivity index (χ2v) is 3.81. The zero-order valence-corrected chi connectivity index (χ0v) is 8.76. The molecule has 3 heteroatoms. The Labute approximate surface area is 85.3 Å². The monoisotopic (exact) mass is 238 g/mol. The summed E-state index contributed by atoms with van der Waals surface area (Å²) >= 11 is 3.59. The molecule has 0 saturated carbocycles. The lowest BCUT2D eigenvalue weighted by atomic mass is 10.1. The third kappa shape index (κ3) is 1.49. The Bertz CT molecular complexity index is 420. The fraction of sp³-hybridized carbons (Fsp3) is 0.200. The van der Waals surface area contributed by atoms with Crippen LogP contribution in [0.15, 0.2) is 28.9 Å². The highest BCUT2D eigenvalue weighted by molar-refractivity contribution is 9.10. The van der Waals surface area contributed by atoms with Gasteiger partial charge in [-0.05, 0) is 46.6 Å². The van der Waals surface area contributed by atoms with E-state index in [1.165, 1.54) is 10.9 Å². The van der Waals surface area contributed by atoms with Crippen molar-refractivity contribution in [2.45, 2.75) is 6.42 Å². The minimum Gasteiger partial charge on any atom is -0.361 e. The molecule has 1 heterocycles. The summed E-state index contributed by atoms with van der Waals surface area (Å²) in [6.45, 7) is 0.689. The Morgan fingerprint density at radius 3 is 2.92 bits per heavy atom. The molecule has 0 unspecified atom stereocenters. The number of aromatic amines is 1. The summed E-state index contributed by atoms with van der Waals surface area (Å²) in [5.41, 5.74) is 7.95. The van der Waals surface area contributed by atoms with Gasteiger partial charge in [-0.25, -0.2) is 0 Å². The first kappa shape index (κ1) is 8.78. The van der Waals surface area contributed by atoms with Crippen LogP contribution >= 0.6 is 15.9 Å². The molecular formula is C10H11BrN2.